The van der Waals surface area contributed by atoms with Crippen molar-refractivity contribution >= 4 is 18.3 Å². The first-order chi connectivity index (χ1) is 5.97. The maximum Gasteiger partial charge on any atom is 0.161 e. The lowest BCUT2D eigenvalue weighted by Crippen LogP contribution is -2.17. The van der Waals surface area contributed by atoms with Gasteiger partial charge in [-0.05, 0) is 24.6 Å². The lowest BCUT2D eigenvalue weighted by atomic mass is 9.99. The molecule has 0 radical (unpaired) electrons. The van der Waals surface area contributed by atoms with Gasteiger partial charge in [0.15, 0.2) is 5.67 Å². The van der Waals surface area contributed by atoms with Gasteiger partial charge < -0.3 is 5.73 Å². The van der Waals surface area contributed by atoms with Crippen LogP contribution in [0.25, 0.3) is 0 Å². The van der Waals surface area contributed by atoms with Crippen LogP contribution in [0.3, 0.4) is 0 Å². The number of rotatable bonds is 2. The Kier molecular flexibility index (Phi) is 2.81. The van der Waals surface area contributed by atoms with E-state index in [9.17, 15) is 8.78 Å². The van der Waals surface area contributed by atoms with Crippen molar-refractivity contribution in [2.75, 3.05) is 12.4 Å². The van der Waals surface area contributed by atoms with E-state index in [1.54, 1.807) is 0 Å². The van der Waals surface area contributed by atoms with E-state index in [-0.39, 0.29) is 5.56 Å². The standard InChI is InChI=1S/C9H11F2NS/c1-9(11,5-10)6-2-3-7(12)8(13)4-6/h2-4,13H,5,12H2,1H3. The molecule has 1 aromatic rings. The van der Waals surface area contributed by atoms with Crippen molar-refractivity contribution in [3.8, 4) is 0 Å². The molecule has 13 heavy (non-hydrogen) atoms. The molecule has 0 aromatic heterocycles. The summed E-state index contributed by atoms with van der Waals surface area (Å²) in [7, 11) is 0. The molecule has 0 aliphatic carbocycles. The Labute approximate surface area is 81.4 Å². The molecule has 0 saturated carbocycles. The van der Waals surface area contributed by atoms with Gasteiger partial charge in [0.1, 0.15) is 6.67 Å². The lowest BCUT2D eigenvalue weighted by Gasteiger charge is -2.17. The van der Waals surface area contributed by atoms with Gasteiger partial charge in [0.25, 0.3) is 0 Å². The van der Waals surface area contributed by atoms with Crippen molar-refractivity contribution < 1.29 is 8.78 Å². The van der Waals surface area contributed by atoms with Crippen LogP contribution in [0.2, 0.25) is 0 Å². The van der Waals surface area contributed by atoms with E-state index in [1.807, 2.05) is 0 Å². The molecule has 1 nitrogen and oxygen atoms in total. The number of hydrogen-bond acceptors (Lipinski definition) is 2. The minimum absolute atomic E-state index is 0.259. The third-order valence-corrected chi connectivity index (χ3v) is 2.27. The van der Waals surface area contributed by atoms with Crippen LogP contribution in [-0.2, 0) is 5.67 Å². The molecule has 4 heteroatoms. The van der Waals surface area contributed by atoms with E-state index < -0.39 is 12.3 Å². The van der Waals surface area contributed by atoms with Gasteiger partial charge in [-0.25, -0.2) is 8.78 Å². The summed E-state index contributed by atoms with van der Waals surface area (Å²) in [5.74, 6) is 0. The molecule has 0 fully saturated rings. The van der Waals surface area contributed by atoms with Gasteiger partial charge in [-0.2, -0.15) is 0 Å². The zero-order valence-electron chi connectivity index (χ0n) is 7.22. The minimum Gasteiger partial charge on any atom is -0.398 e. The quantitative estimate of drug-likeness (QED) is 0.561. The number of hydrogen-bond donors (Lipinski definition) is 2. The van der Waals surface area contributed by atoms with E-state index in [2.05, 4.69) is 12.6 Å². The summed E-state index contributed by atoms with van der Waals surface area (Å²) < 4.78 is 25.7. The Bertz CT molecular complexity index is 312. The van der Waals surface area contributed by atoms with Crippen LogP contribution in [0.4, 0.5) is 14.5 Å². The number of alkyl halides is 2. The third-order valence-electron chi connectivity index (χ3n) is 1.88. The zero-order valence-corrected chi connectivity index (χ0v) is 8.11. The lowest BCUT2D eigenvalue weighted by molar-refractivity contribution is 0.142. The van der Waals surface area contributed by atoms with Crippen molar-refractivity contribution in [1.82, 2.24) is 0 Å². The van der Waals surface area contributed by atoms with E-state index >= 15 is 0 Å². The molecule has 0 aliphatic heterocycles. The van der Waals surface area contributed by atoms with Gasteiger partial charge in [0.05, 0.1) is 0 Å². The van der Waals surface area contributed by atoms with Crippen LogP contribution in [0.5, 0.6) is 0 Å². The fourth-order valence-corrected chi connectivity index (χ4v) is 1.16. The molecule has 2 N–H and O–H groups in total. The van der Waals surface area contributed by atoms with Crippen molar-refractivity contribution in [3.05, 3.63) is 23.8 Å². The van der Waals surface area contributed by atoms with Crippen molar-refractivity contribution in [2.45, 2.75) is 17.5 Å². The minimum atomic E-state index is -1.95. The molecule has 0 saturated heterocycles. The summed E-state index contributed by atoms with van der Waals surface area (Å²) in [5.41, 5.74) is 4.25. The van der Waals surface area contributed by atoms with Crippen LogP contribution in [0.15, 0.2) is 23.1 Å². The Morgan fingerprint density at radius 2 is 2.15 bits per heavy atom. The summed E-state index contributed by atoms with van der Waals surface area (Å²) in [5, 5.41) is 0. The van der Waals surface area contributed by atoms with E-state index in [4.69, 9.17) is 5.73 Å². The Morgan fingerprint density at radius 1 is 1.54 bits per heavy atom. The van der Waals surface area contributed by atoms with Gasteiger partial charge in [0.2, 0.25) is 0 Å². The topological polar surface area (TPSA) is 26.0 Å². The van der Waals surface area contributed by atoms with Crippen LogP contribution >= 0.6 is 12.6 Å². The smallest absolute Gasteiger partial charge is 0.161 e. The molecule has 0 amide bonds. The number of anilines is 1. The molecule has 0 aliphatic rings. The summed E-state index contributed by atoms with van der Waals surface area (Å²) >= 11 is 4.02. The van der Waals surface area contributed by atoms with Gasteiger partial charge in [-0.3, -0.25) is 0 Å². The highest BCUT2D eigenvalue weighted by molar-refractivity contribution is 7.80. The van der Waals surface area contributed by atoms with E-state index in [0.29, 0.717) is 10.6 Å². The largest absolute Gasteiger partial charge is 0.398 e. The zero-order chi connectivity index (χ0) is 10.1. The number of nitrogens with two attached hydrogens (primary N) is 1. The first-order valence-corrected chi connectivity index (χ1v) is 4.26. The summed E-state index contributed by atoms with van der Waals surface area (Å²) in [6.07, 6.45) is 0. The number of benzene rings is 1. The average molecular weight is 203 g/mol. The monoisotopic (exact) mass is 203 g/mol. The predicted molar refractivity (Wildman–Crippen MR) is 52.5 cm³/mol. The molecule has 0 bridgehead atoms. The van der Waals surface area contributed by atoms with E-state index in [0.717, 1.165) is 0 Å². The number of nitrogen functional groups attached to an aromatic ring is 1. The van der Waals surface area contributed by atoms with Crippen LogP contribution in [-0.4, -0.2) is 6.67 Å². The first-order valence-electron chi connectivity index (χ1n) is 3.81. The normalized spacial score (nSPS) is 15.4. The van der Waals surface area contributed by atoms with Crippen LogP contribution < -0.4 is 5.73 Å². The maximum absolute atomic E-state index is 13.4. The molecule has 0 spiro atoms. The van der Waals surface area contributed by atoms with Gasteiger partial charge in [0, 0.05) is 10.6 Å². The van der Waals surface area contributed by atoms with Gasteiger partial charge in [-0.15, -0.1) is 12.6 Å². The summed E-state index contributed by atoms with van der Waals surface area (Å²) in [4.78, 5) is 0.467. The molecule has 1 unspecified atom stereocenters. The van der Waals surface area contributed by atoms with Crippen LogP contribution in [0, 0.1) is 0 Å². The molecule has 1 atom stereocenters. The first kappa shape index (κ1) is 10.3. The van der Waals surface area contributed by atoms with Crippen molar-refractivity contribution in [3.63, 3.8) is 0 Å². The molecule has 72 valence electrons. The Morgan fingerprint density at radius 3 is 2.62 bits per heavy atom. The van der Waals surface area contributed by atoms with Gasteiger partial charge in [-0.1, -0.05) is 6.07 Å². The molecular weight excluding hydrogens is 192 g/mol. The molecule has 0 heterocycles. The molecular formula is C9H11F2NS. The Balaban J connectivity index is 3.10. The fraction of sp³-hybridized carbons (Fsp3) is 0.333. The molecule has 1 aromatic carbocycles. The maximum atomic E-state index is 13.4. The SMILES string of the molecule is CC(F)(CF)c1ccc(N)c(S)c1. The Hall–Kier alpha value is -0.770. The highest BCUT2D eigenvalue weighted by Gasteiger charge is 2.25. The average Bonchev–Trinajstić information content (AvgIpc) is 2.09. The number of thiol groups is 1. The predicted octanol–water partition coefficient (Wildman–Crippen LogP) is 2.71. The van der Waals surface area contributed by atoms with Crippen molar-refractivity contribution in [2.24, 2.45) is 0 Å². The summed E-state index contributed by atoms with van der Waals surface area (Å²) in [6.45, 7) is 0.135. The highest BCUT2D eigenvalue weighted by atomic mass is 32.1. The molecule has 1 rings (SSSR count). The number of halogens is 2. The second-order valence-electron chi connectivity index (χ2n) is 3.10. The summed E-state index contributed by atoms with van der Waals surface area (Å²) in [6, 6.07) is 4.43. The van der Waals surface area contributed by atoms with Crippen molar-refractivity contribution in [1.29, 1.82) is 0 Å². The second kappa shape index (κ2) is 3.54. The third kappa shape index (κ3) is 2.12. The van der Waals surface area contributed by atoms with Gasteiger partial charge >= 0.3 is 0 Å². The van der Waals surface area contributed by atoms with Crippen LogP contribution in [0.1, 0.15) is 12.5 Å². The second-order valence-corrected chi connectivity index (χ2v) is 3.59. The highest BCUT2D eigenvalue weighted by Crippen LogP contribution is 2.29. The van der Waals surface area contributed by atoms with E-state index in [1.165, 1.54) is 25.1 Å². The fourth-order valence-electron chi connectivity index (χ4n) is 0.945.